The SMILES string of the molecule is COCCNC/C(=C/c1ccc(OC)nc1)C(C)C. The van der Waals surface area contributed by atoms with Crippen LogP contribution in [0.25, 0.3) is 6.08 Å². The monoisotopic (exact) mass is 264 g/mol. The van der Waals surface area contributed by atoms with Crippen molar-refractivity contribution in [3.63, 3.8) is 0 Å². The standard InChI is InChI=1S/C15H24N2O2/c1-12(2)14(11-16-7-8-18-3)9-13-5-6-15(19-4)17-10-13/h5-6,9-10,12,16H,7-8,11H2,1-4H3/b14-9-. The van der Waals surface area contributed by atoms with Gasteiger partial charge in [0, 0.05) is 32.5 Å². The average molecular weight is 264 g/mol. The second-order valence-electron chi connectivity index (χ2n) is 4.68. The van der Waals surface area contributed by atoms with Gasteiger partial charge in [0.2, 0.25) is 5.88 Å². The maximum absolute atomic E-state index is 5.06. The van der Waals surface area contributed by atoms with Crippen molar-refractivity contribution in [1.29, 1.82) is 0 Å². The first kappa shape index (κ1) is 15.7. The Morgan fingerprint density at radius 1 is 1.37 bits per heavy atom. The van der Waals surface area contributed by atoms with E-state index in [4.69, 9.17) is 9.47 Å². The molecule has 4 heteroatoms. The van der Waals surface area contributed by atoms with E-state index in [1.54, 1.807) is 14.2 Å². The summed E-state index contributed by atoms with van der Waals surface area (Å²) in [5, 5.41) is 3.37. The Bertz CT molecular complexity index is 386. The summed E-state index contributed by atoms with van der Waals surface area (Å²) in [4.78, 5) is 4.21. The molecular formula is C15H24N2O2. The van der Waals surface area contributed by atoms with Crippen LogP contribution in [0.2, 0.25) is 0 Å². The minimum Gasteiger partial charge on any atom is -0.481 e. The lowest BCUT2D eigenvalue weighted by Gasteiger charge is -2.13. The van der Waals surface area contributed by atoms with E-state index in [0.29, 0.717) is 11.8 Å². The molecule has 1 N–H and O–H groups in total. The maximum Gasteiger partial charge on any atom is 0.212 e. The van der Waals surface area contributed by atoms with Crippen molar-refractivity contribution in [3.8, 4) is 5.88 Å². The summed E-state index contributed by atoms with van der Waals surface area (Å²) in [6.07, 6.45) is 4.01. The minimum atomic E-state index is 0.497. The molecule has 4 nitrogen and oxygen atoms in total. The molecule has 1 rings (SSSR count). The number of nitrogens with zero attached hydrogens (tertiary/aromatic N) is 1. The van der Waals surface area contributed by atoms with E-state index in [2.05, 4.69) is 30.2 Å². The number of rotatable bonds is 8. The number of hydrogen-bond acceptors (Lipinski definition) is 4. The molecule has 1 heterocycles. The van der Waals surface area contributed by atoms with Gasteiger partial charge >= 0.3 is 0 Å². The first-order valence-corrected chi connectivity index (χ1v) is 6.57. The Balaban J connectivity index is 2.65. The van der Waals surface area contributed by atoms with Gasteiger partial charge < -0.3 is 14.8 Å². The smallest absolute Gasteiger partial charge is 0.212 e. The number of methoxy groups -OCH3 is 2. The van der Waals surface area contributed by atoms with Gasteiger partial charge in [-0.25, -0.2) is 4.98 Å². The van der Waals surface area contributed by atoms with Gasteiger partial charge in [0.25, 0.3) is 0 Å². The quantitative estimate of drug-likeness (QED) is 0.732. The molecule has 0 radical (unpaired) electrons. The van der Waals surface area contributed by atoms with Gasteiger partial charge in [0.1, 0.15) is 0 Å². The number of hydrogen-bond donors (Lipinski definition) is 1. The molecule has 0 aromatic carbocycles. The van der Waals surface area contributed by atoms with Crippen molar-refractivity contribution in [1.82, 2.24) is 10.3 Å². The highest BCUT2D eigenvalue weighted by Gasteiger charge is 2.03. The first-order chi connectivity index (χ1) is 9.17. The highest BCUT2D eigenvalue weighted by molar-refractivity contribution is 5.53. The van der Waals surface area contributed by atoms with Gasteiger partial charge in [-0.2, -0.15) is 0 Å². The van der Waals surface area contributed by atoms with Crippen LogP contribution < -0.4 is 10.1 Å². The van der Waals surface area contributed by atoms with E-state index >= 15 is 0 Å². The highest BCUT2D eigenvalue weighted by atomic mass is 16.5. The molecule has 1 aromatic heterocycles. The van der Waals surface area contributed by atoms with E-state index in [9.17, 15) is 0 Å². The Labute approximate surface area is 115 Å². The third-order valence-corrected chi connectivity index (χ3v) is 2.87. The number of ether oxygens (including phenoxy) is 2. The van der Waals surface area contributed by atoms with Crippen LogP contribution in [0.1, 0.15) is 19.4 Å². The van der Waals surface area contributed by atoms with Gasteiger partial charge in [0.15, 0.2) is 0 Å². The van der Waals surface area contributed by atoms with E-state index < -0.39 is 0 Å². The predicted molar refractivity (Wildman–Crippen MR) is 78.3 cm³/mol. The molecule has 0 amide bonds. The van der Waals surface area contributed by atoms with Gasteiger partial charge in [-0.05, 0) is 17.5 Å². The predicted octanol–water partition coefficient (Wildman–Crippen LogP) is 2.37. The van der Waals surface area contributed by atoms with Crippen LogP contribution in [-0.2, 0) is 4.74 Å². The third kappa shape index (κ3) is 5.85. The van der Waals surface area contributed by atoms with Crippen molar-refractivity contribution in [2.75, 3.05) is 33.9 Å². The largest absolute Gasteiger partial charge is 0.481 e. The van der Waals surface area contributed by atoms with Crippen LogP contribution >= 0.6 is 0 Å². The highest BCUT2D eigenvalue weighted by Crippen LogP contribution is 2.15. The van der Waals surface area contributed by atoms with Gasteiger partial charge in [-0.1, -0.05) is 25.5 Å². The topological polar surface area (TPSA) is 43.4 Å². The van der Waals surface area contributed by atoms with E-state index in [1.807, 2.05) is 18.3 Å². The molecule has 0 spiro atoms. The van der Waals surface area contributed by atoms with Crippen molar-refractivity contribution < 1.29 is 9.47 Å². The molecule has 106 valence electrons. The molecule has 0 saturated carbocycles. The number of pyridine rings is 1. The number of aromatic nitrogens is 1. The summed E-state index contributed by atoms with van der Waals surface area (Å²) in [7, 11) is 3.33. The lowest BCUT2D eigenvalue weighted by Crippen LogP contribution is -2.23. The van der Waals surface area contributed by atoms with Crippen LogP contribution in [0, 0.1) is 5.92 Å². The minimum absolute atomic E-state index is 0.497. The lowest BCUT2D eigenvalue weighted by atomic mass is 10.0. The zero-order chi connectivity index (χ0) is 14.1. The van der Waals surface area contributed by atoms with Gasteiger partial charge in [0.05, 0.1) is 13.7 Å². The molecule has 0 aliphatic carbocycles. The van der Waals surface area contributed by atoms with E-state index in [-0.39, 0.29) is 0 Å². The zero-order valence-corrected chi connectivity index (χ0v) is 12.3. The second kappa shape index (κ2) is 8.67. The number of nitrogens with one attached hydrogen (secondary N) is 1. The second-order valence-corrected chi connectivity index (χ2v) is 4.68. The Hall–Kier alpha value is -1.39. The summed E-state index contributed by atoms with van der Waals surface area (Å²) >= 11 is 0. The molecule has 1 aromatic rings. The van der Waals surface area contributed by atoms with Crippen LogP contribution in [0.3, 0.4) is 0 Å². The van der Waals surface area contributed by atoms with Crippen molar-refractivity contribution in [3.05, 3.63) is 29.5 Å². The molecule has 0 saturated heterocycles. The van der Waals surface area contributed by atoms with Crippen molar-refractivity contribution >= 4 is 6.08 Å². The average Bonchev–Trinajstić information content (AvgIpc) is 2.42. The fourth-order valence-corrected chi connectivity index (χ4v) is 1.64. The van der Waals surface area contributed by atoms with Crippen LogP contribution in [-0.4, -0.2) is 38.9 Å². The molecule has 0 aliphatic rings. The first-order valence-electron chi connectivity index (χ1n) is 6.57. The molecule has 0 aliphatic heterocycles. The zero-order valence-electron chi connectivity index (χ0n) is 12.3. The summed E-state index contributed by atoms with van der Waals surface area (Å²) in [5.41, 5.74) is 2.45. The lowest BCUT2D eigenvalue weighted by molar-refractivity contribution is 0.200. The van der Waals surface area contributed by atoms with Crippen LogP contribution in [0.15, 0.2) is 23.9 Å². The van der Waals surface area contributed by atoms with E-state index in [0.717, 1.165) is 25.3 Å². The summed E-state index contributed by atoms with van der Waals surface area (Å²) < 4.78 is 10.1. The van der Waals surface area contributed by atoms with Crippen LogP contribution in [0.5, 0.6) is 5.88 Å². The fraction of sp³-hybridized carbons (Fsp3) is 0.533. The van der Waals surface area contributed by atoms with Gasteiger partial charge in [-0.3, -0.25) is 0 Å². The van der Waals surface area contributed by atoms with Crippen molar-refractivity contribution in [2.24, 2.45) is 5.92 Å². The van der Waals surface area contributed by atoms with Crippen molar-refractivity contribution in [2.45, 2.75) is 13.8 Å². The van der Waals surface area contributed by atoms with Gasteiger partial charge in [-0.15, -0.1) is 0 Å². The molecular weight excluding hydrogens is 240 g/mol. The fourth-order valence-electron chi connectivity index (χ4n) is 1.64. The summed E-state index contributed by atoms with van der Waals surface area (Å²) in [5.74, 6) is 1.14. The van der Waals surface area contributed by atoms with Crippen LogP contribution in [0.4, 0.5) is 0 Å². The van der Waals surface area contributed by atoms with E-state index in [1.165, 1.54) is 5.57 Å². The normalized spacial score (nSPS) is 11.9. The Morgan fingerprint density at radius 2 is 2.16 bits per heavy atom. The summed E-state index contributed by atoms with van der Waals surface area (Å²) in [6.45, 7) is 6.85. The Kier molecular flexibility index (Phi) is 7.15. The maximum atomic E-state index is 5.06. The molecule has 0 fully saturated rings. The molecule has 0 atom stereocenters. The Morgan fingerprint density at radius 3 is 2.68 bits per heavy atom. The third-order valence-electron chi connectivity index (χ3n) is 2.87. The molecule has 0 bridgehead atoms. The summed E-state index contributed by atoms with van der Waals surface area (Å²) in [6, 6.07) is 3.89. The molecule has 0 unspecified atom stereocenters. The molecule has 19 heavy (non-hydrogen) atoms.